The van der Waals surface area contributed by atoms with E-state index in [0.717, 1.165) is 63.2 Å². The largest absolute Gasteiger partial charge is 0.397 e. The van der Waals surface area contributed by atoms with Crippen LogP contribution in [-0.2, 0) is 14.6 Å². The molecule has 43 heavy (non-hydrogen) atoms. The zero-order valence-electron chi connectivity index (χ0n) is 27.4. The van der Waals surface area contributed by atoms with E-state index in [-0.39, 0.29) is 11.8 Å². The van der Waals surface area contributed by atoms with Gasteiger partial charge in [0.15, 0.2) is 5.79 Å². The molecular formula is C33H63N3O6S. The van der Waals surface area contributed by atoms with Gasteiger partial charge < -0.3 is 26.6 Å². The first-order chi connectivity index (χ1) is 20.2. The minimum absolute atomic E-state index is 0.0327. The fraction of sp³-hybridized carbons (Fsp3) is 1.00. The maximum absolute atomic E-state index is 11.4. The first kappa shape index (κ1) is 35.5. The molecule has 4 fully saturated rings. The summed E-state index contributed by atoms with van der Waals surface area (Å²) in [6.07, 6.45) is 14.0. The van der Waals surface area contributed by atoms with Crippen molar-refractivity contribution in [2.45, 2.75) is 136 Å². The predicted octanol–water partition coefficient (Wildman–Crippen LogP) is 4.63. The van der Waals surface area contributed by atoms with Crippen LogP contribution >= 0.6 is 0 Å². The normalized spacial score (nSPS) is 37.1. The van der Waals surface area contributed by atoms with Crippen LogP contribution < -0.4 is 16.4 Å². The Bertz CT molecular complexity index is 995. The summed E-state index contributed by atoms with van der Waals surface area (Å²) < 4.78 is 36.7. The van der Waals surface area contributed by atoms with Gasteiger partial charge in [-0.15, -0.1) is 0 Å². The highest BCUT2D eigenvalue weighted by Crippen LogP contribution is 2.68. The van der Waals surface area contributed by atoms with Gasteiger partial charge in [0.05, 0.1) is 0 Å². The van der Waals surface area contributed by atoms with Gasteiger partial charge in [-0.05, 0) is 156 Å². The predicted molar refractivity (Wildman–Crippen MR) is 170 cm³/mol. The molecule has 0 aliphatic heterocycles. The van der Waals surface area contributed by atoms with Crippen LogP contribution in [0.15, 0.2) is 0 Å². The molecule has 8 unspecified atom stereocenters. The van der Waals surface area contributed by atoms with E-state index in [4.69, 9.17) is 9.92 Å². The summed E-state index contributed by atoms with van der Waals surface area (Å²) in [6, 6.07) is 0.647. The second-order valence-corrected chi connectivity index (χ2v) is 16.7. The van der Waals surface area contributed by atoms with Gasteiger partial charge in [0.1, 0.15) is 6.10 Å². The van der Waals surface area contributed by atoms with Crippen molar-refractivity contribution >= 4 is 10.4 Å². The third-order valence-electron chi connectivity index (χ3n) is 12.8. The summed E-state index contributed by atoms with van der Waals surface area (Å²) >= 11 is 0. The number of nitrogens with two attached hydrogens (primary N) is 1. The highest BCUT2D eigenvalue weighted by Gasteiger charge is 2.60. The molecule has 4 aliphatic carbocycles. The second-order valence-electron chi connectivity index (χ2n) is 15.6. The molecule has 0 amide bonds. The molecule has 0 aromatic heterocycles. The number of rotatable bonds is 16. The van der Waals surface area contributed by atoms with E-state index in [1.165, 1.54) is 57.8 Å². The zero-order valence-corrected chi connectivity index (χ0v) is 28.2. The van der Waals surface area contributed by atoms with Crippen LogP contribution in [0.1, 0.15) is 118 Å². The number of hydrogen-bond acceptors (Lipinski definition) is 8. The lowest BCUT2D eigenvalue weighted by molar-refractivity contribution is -0.234. The maximum atomic E-state index is 11.4. The first-order valence-corrected chi connectivity index (χ1v) is 18.8. The Morgan fingerprint density at radius 3 is 2.33 bits per heavy atom. The molecule has 7 N–H and O–H groups in total. The number of hydrogen-bond donors (Lipinski definition) is 6. The number of aliphatic hydroxyl groups is 2. The molecule has 0 spiro atoms. The Morgan fingerprint density at radius 1 is 0.930 bits per heavy atom. The topological polar surface area (TPSA) is 154 Å². The SMILES string of the molecule is CC(C)C(OS(=O)(=O)O)C(O)(O)CCC1CCC2C3CC[C@H]4CC(NCCCNCCCCN)CCC4(C)C3CCC12C. The van der Waals surface area contributed by atoms with Crippen LogP contribution in [-0.4, -0.2) is 67.3 Å². The Balaban J connectivity index is 1.29. The van der Waals surface area contributed by atoms with Crippen LogP contribution in [0.5, 0.6) is 0 Å². The van der Waals surface area contributed by atoms with E-state index < -0.39 is 28.2 Å². The molecule has 9 nitrogen and oxygen atoms in total. The quantitative estimate of drug-likeness (QED) is 0.0815. The van der Waals surface area contributed by atoms with E-state index in [9.17, 15) is 23.2 Å². The van der Waals surface area contributed by atoms with Crippen LogP contribution in [0, 0.1) is 46.3 Å². The summed E-state index contributed by atoms with van der Waals surface area (Å²) in [5.74, 6) is 0.559. The van der Waals surface area contributed by atoms with Gasteiger partial charge >= 0.3 is 10.4 Å². The fourth-order valence-electron chi connectivity index (χ4n) is 10.4. The van der Waals surface area contributed by atoms with Crippen molar-refractivity contribution in [1.82, 2.24) is 10.6 Å². The Labute approximate surface area is 261 Å². The lowest BCUT2D eigenvalue weighted by Crippen LogP contribution is -2.55. The van der Waals surface area contributed by atoms with Crippen molar-refractivity contribution in [1.29, 1.82) is 0 Å². The lowest BCUT2D eigenvalue weighted by Gasteiger charge is -2.61. The smallest absolute Gasteiger partial charge is 0.364 e. The fourth-order valence-corrected chi connectivity index (χ4v) is 11.1. The molecule has 10 heteroatoms. The molecule has 0 radical (unpaired) electrons. The highest BCUT2D eigenvalue weighted by atomic mass is 32.3. The van der Waals surface area contributed by atoms with Gasteiger partial charge in [0.2, 0.25) is 0 Å². The average molecular weight is 630 g/mol. The minimum atomic E-state index is -4.79. The number of fused-ring (bicyclic) bond motifs is 5. The minimum Gasteiger partial charge on any atom is -0.364 e. The van der Waals surface area contributed by atoms with Crippen molar-refractivity contribution in [3.63, 3.8) is 0 Å². The standard InChI is InChI=1S/C33H63N3O6S/c1-23(2)30(42-43(39,40)41)33(37,38)17-12-24-9-11-28-27-10-8-25-22-26(36-21-7-20-35-19-6-5-18-34)13-15-32(25,4)29(27)14-16-31(24,28)3/h23-30,35-38H,5-22,34H2,1-4H3,(H,39,40,41)/t24?,25-,26?,27?,28?,29?,30?,31?,32?/m0/s1. The number of unbranched alkanes of at least 4 members (excludes halogenated alkanes) is 1. The van der Waals surface area contributed by atoms with Crippen molar-refractivity contribution < 1.29 is 27.4 Å². The lowest BCUT2D eigenvalue weighted by atomic mass is 9.44. The molecule has 4 rings (SSSR count). The zero-order chi connectivity index (χ0) is 31.5. The Morgan fingerprint density at radius 2 is 1.63 bits per heavy atom. The van der Waals surface area contributed by atoms with Gasteiger partial charge in [-0.1, -0.05) is 27.7 Å². The Hall–Kier alpha value is -0.330. The molecule has 0 aromatic carbocycles. The summed E-state index contributed by atoms with van der Waals surface area (Å²) in [4.78, 5) is 0. The summed E-state index contributed by atoms with van der Waals surface area (Å²) in [5.41, 5.74) is 6.18. The highest BCUT2D eigenvalue weighted by molar-refractivity contribution is 7.80. The first-order valence-electron chi connectivity index (χ1n) is 17.5. The molecule has 4 aliphatic rings. The molecule has 0 aromatic rings. The van der Waals surface area contributed by atoms with E-state index >= 15 is 0 Å². The molecule has 0 heterocycles. The van der Waals surface area contributed by atoms with E-state index in [1.54, 1.807) is 13.8 Å². The average Bonchev–Trinajstić information content (AvgIpc) is 3.27. The molecular weight excluding hydrogens is 566 g/mol. The monoisotopic (exact) mass is 629 g/mol. The summed E-state index contributed by atoms with van der Waals surface area (Å²) in [7, 11) is -4.79. The third-order valence-corrected chi connectivity index (χ3v) is 13.2. The number of nitrogens with one attached hydrogen (secondary N) is 2. The molecule has 0 bridgehead atoms. The van der Waals surface area contributed by atoms with E-state index in [1.807, 2.05) is 0 Å². The van der Waals surface area contributed by atoms with Crippen molar-refractivity contribution in [3.05, 3.63) is 0 Å². The van der Waals surface area contributed by atoms with Crippen LogP contribution in [0.2, 0.25) is 0 Å². The summed E-state index contributed by atoms with van der Waals surface area (Å²) in [5, 5.41) is 29.2. The molecule has 9 atom stereocenters. The van der Waals surface area contributed by atoms with Gasteiger partial charge in [0, 0.05) is 12.5 Å². The Kier molecular flexibility index (Phi) is 12.1. The second kappa shape index (κ2) is 14.6. The van der Waals surface area contributed by atoms with Crippen molar-refractivity contribution in [3.8, 4) is 0 Å². The van der Waals surface area contributed by atoms with Crippen molar-refractivity contribution in [2.75, 3.05) is 26.2 Å². The van der Waals surface area contributed by atoms with E-state index in [2.05, 4.69) is 24.5 Å². The molecule has 252 valence electrons. The van der Waals surface area contributed by atoms with Crippen molar-refractivity contribution in [2.24, 2.45) is 52.1 Å². The van der Waals surface area contributed by atoms with Gasteiger partial charge in [-0.25, -0.2) is 4.18 Å². The van der Waals surface area contributed by atoms with Gasteiger partial charge in [0.25, 0.3) is 0 Å². The van der Waals surface area contributed by atoms with Crippen LogP contribution in [0.4, 0.5) is 0 Å². The van der Waals surface area contributed by atoms with Crippen LogP contribution in [0.25, 0.3) is 0 Å². The van der Waals surface area contributed by atoms with E-state index in [0.29, 0.717) is 29.7 Å². The van der Waals surface area contributed by atoms with Gasteiger partial charge in [-0.3, -0.25) is 4.55 Å². The molecule has 4 saturated carbocycles. The maximum Gasteiger partial charge on any atom is 0.397 e. The summed E-state index contributed by atoms with van der Waals surface area (Å²) in [6.45, 7) is 12.4. The molecule has 0 saturated heterocycles. The van der Waals surface area contributed by atoms with Crippen LogP contribution in [0.3, 0.4) is 0 Å². The third kappa shape index (κ3) is 8.34. The van der Waals surface area contributed by atoms with Gasteiger partial charge in [-0.2, -0.15) is 8.42 Å².